The average molecular weight is 1210 g/mol. The molecule has 0 aromatic rings. The second-order valence-corrected chi connectivity index (χ2v) is 24.1. The lowest BCUT2D eigenvalue weighted by molar-refractivity contribution is -0.870. The van der Waals surface area contributed by atoms with Gasteiger partial charge in [-0.15, -0.1) is 0 Å². The number of unbranched alkanes of at least 4 members (excludes halogenated alkanes) is 24. The van der Waals surface area contributed by atoms with Crippen LogP contribution in [-0.2, 0) is 33.3 Å². The van der Waals surface area contributed by atoms with Crippen molar-refractivity contribution in [2.45, 2.75) is 283 Å². The number of aliphatic carboxylic acids is 1. The normalized spacial score (nSPS) is 13.6. The van der Waals surface area contributed by atoms with Crippen molar-refractivity contribution in [3.63, 3.8) is 0 Å². The monoisotopic (exact) mass is 1210 g/mol. The summed E-state index contributed by atoms with van der Waals surface area (Å²) in [5.41, 5.74) is 0. The molecular formula is C78H129NO8. The SMILES string of the molecule is CC/C=C\C/C=C\C/C=C\C/C=C\C/C=C\C/C=C\C/C=C\C/C=C\CCCCCCCCCCCCCCCCCCC(=O)OC(COC(=O)CCCCCCCCCC/C=C\C/C=C\C/C=C\C/C=C\CC)COC(OCC[N+](C)(C)C)C(=O)[O-]. The van der Waals surface area contributed by atoms with Crippen LogP contribution in [0.2, 0.25) is 0 Å². The third-order valence-corrected chi connectivity index (χ3v) is 14.6. The van der Waals surface area contributed by atoms with E-state index >= 15 is 0 Å². The topological polar surface area (TPSA) is 111 Å². The Labute approximate surface area is 534 Å². The van der Waals surface area contributed by atoms with Crippen LogP contribution in [0.5, 0.6) is 0 Å². The molecule has 9 nitrogen and oxygen atoms in total. The van der Waals surface area contributed by atoms with E-state index in [2.05, 4.69) is 160 Å². The Morgan fingerprint density at radius 1 is 0.345 bits per heavy atom. The van der Waals surface area contributed by atoms with Crippen molar-refractivity contribution in [3.05, 3.63) is 146 Å². The van der Waals surface area contributed by atoms with E-state index in [1.54, 1.807) is 0 Å². The summed E-state index contributed by atoms with van der Waals surface area (Å²) in [4.78, 5) is 37.5. The van der Waals surface area contributed by atoms with Gasteiger partial charge in [-0.2, -0.15) is 0 Å². The molecule has 0 rings (SSSR count). The number of rotatable bonds is 63. The molecule has 0 aromatic carbocycles. The van der Waals surface area contributed by atoms with Gasteiger partial charge >= 0.3 is 11.9 Å². The predicted molar refractivity (Wildman–Crippen MR) is 370 cm³/mol. The largest absolute Gasteiger partial charge is 0.545 e. The third kappa shape index (κ3) is 68.5. The van der Waals surface area contributed by atoms with Gasteiger partial charge in [0.2, 0.25) is 0 Å². The van der Waals surface area contributed by atoms with Crippen molar-refractivity contribution in [3.8, 4) is 0 Å². The van der Waals surface area contributed by atoms with Crippen molar-refractivity contribution in [2.75, 3.05) is 47.5 Å². The predicted octanol–water partition coefficient (Wildman–Crippen LogP) is 20.6. The number of hydrogen-bond acceptors (Lipinski definition) is 8. The molecule has 494 valence electrons. The van der Waals surface area contributed by atoms with E-state index in [0.29, 0.717) is 17.4 Å². The summed E-state index contributed by atoms with van der Waals surface area (Å²) in [6.07, 6.45) is 95.0. The minimum Gasteiger partial charge on any atom is -0.545 e. The molecule has 0 heterocycles. The molecule has 0 fully saturated rings. The lowest BCUT2D eigenvalue weighted by Crippen LogP contribution is -2.44. The number of allylic oxidation sites excluding steroid dienone is 24. The van der Waals surface area contributed by atoms with Crippen LogP contribution in [0.15, 0.2) is 146 Å². The molecule has 2 unspecified atom stereocenters. The number of carboxylic acids is 1. The number of hydrogen-bond donors (Lipinski definition) is 0. The Morgan fingerprint density at radius 2 is 0.621 bits per heavy atom. The van der Waals surface area contributed by atoms with Crippen molar-refractivity contribution in [1.29, 1.82) is 0 Å². The quantitative estimate of drug-likeness (QED) is 0.0195. The van der Waals surface area contributed by atoms with E-state index in [1.807, 2.05) is 21.1 Å². The fourth-order valence-electron chi connectivity index (χ4n) is 9.31. The minimum atomic E-state index is -1.63. The first-order chi connectivity index (χ1) is 42.6. The van der Waals surface area contributed by atoms with Crippen LogP contribution in [0.4, 0.5) is 0 Å². The Hall–Kier alpha value is -4.83. The highest BCUT2D eigenvalue weighted by molar-refractivity contribution is 5.70. The summed E-state index contributed by atoms with van der Waals surface area (Å²) in [6, 6.07) is 0. The fourth-order valence-corrected chi connectivity index (χ4v) is 9.31. The zero-order chi connectivity index (χ0) is 63.3. The van der Waals surface area contributed by atoms with Gasteiger partial charge in [-0.05, 0) is 116 Å². The van der Waals surface area contributed by atoms with Crippen LogP contribution in [-0.4, -0.2) is 82.3 Å². The van der Waals surface area contributed by atoms with Gasteiger partial charge < -0.3 is 33.3 Å². The third-order valence-electron chi connectivity index (χ3n) is 14.6. The molecule has 0 aromatic heterocycles. The number of carboxylic acid groups (broad SMARTS) is 1. The highest BCUT2D eigenvalue weighted by Gasteiger charge is 2.22. The van der Waals surface area contributed by atoms with E-state index in [0.717, 1.165) is 128 Å². The summed E-state index contributed by atoms with van der Waals surface area (Å²) >= 11 is 0. The van der Waals surface area contributed by atoms with Crippen LogP contribution in [0.3, 0.4) is 0 Å². The maximum absolute atomic E-state index is 12.9. The molecule has 0 saturated carbocycles. The van der Waals surface area contributed by atoms with Crippen LogP contribution in [0, 0.1) is 0 Å². The highest BCUT2D eigenvalue weighted by atomic mass is 16.7. The molecule has 87 heavy (non-hydrogen) atoms. The first-order valence-corrected chi connectivity index (χ1v) is 35.0. The molecule has 9 heteroatoms. The minimum absolute atomic E-state index is 0.141. The number of likely N-dealkylation sites (N-methyl/N-ethyl adjacent to an activating group) is 1. The van der Waals surface area contributed by atoms with Gasteiger partial charge in [-0.3, -0.25) is 9.59 Å². The summed E-state index contributed by atoms with van der Waals surface area (Å²) < 4.78 is 22.8. The standard InChI is InChI=1S/C78H129NO8/c1-6-8-10-12-14-16-18-20-22-24-26-28-29-30-31-32-33-34-35-36-37-38-39-40-41-42-43-44-45-46-47-49-51-53-55-57-59-61-63-65-67-69-76(81)87-74(73-86-78(77(82)83)84-71-70-79(3,4)5)72-85-75(80)68-66-64-62-60-58-56-54-52-50-48-27-25-23-21-19-17-15-13-11-9-7-2/h8-11,14-17,20-23,26-28,30-31,33-34,36-37,39-40,48,74,78H,6-7,12-13,18-19,24-25,29,32,35,38,41-47,49-73H2,1-5H3/b10-8-,11-9-,16-14-,17-15-,22-20-,23-21-,28-26-,31-30-,34-33-,37-36-,40-39-,48-27-. The Balaban J connectivity index is 4.09. The van der Waals surface area contributed by atoms with E-state index in [4.69, 9.17) is 18.9 Å². The number of carbonyl (C=O) groups excluding carboxylic acids is 3. The maximum atomic E-state index is 12.9. The molecular weight excluding hydrogens is 1080 g/mol. The van der Waals surface area contributed by atoms with Crippen LogP contribution < -0.4 is 5.11 Å². The smallest absolute Gasteiger partial charge is 0.306 e. The molecule has 0 aliphatic rings. The Morgan fingerprint density at radius 3 is 0.920 bits per heavy atom. The molecule has 0 bridgehead atoms. The molecule has 0 radical (unpaired) electrons. The van der Waals surface area contributed by atoms with Gasteiger partial charge in [0.25, 0.3) is 0 Å². The van der Waals surface area contributed by atoms with E-state index in [1.165, 1.54) is 109 Å². The summed E-state index contributed by atoms with van der Waals surface area (Å²) in [5, 5.41) is 11.8. The first-order valence-electron chi connectivity index (χ1n) is 35.0. The summed E-state index contributed by atoms with van der Waals surface area (Å²) in [5.74, 6) is -2.30. The molecule has 0 saturated heterocycles. The van der Waals surface area contributed by atoms with Gasteiger partial charge in [0, 0.05) is 12.8 Å². The van der Waals surface area contributed by atoms with Gasteiger partial charge in [0.1, 0.15) is 13.2 Å². The molecule has 0 aliphatic carbocycles. The number of carbonyl (C=O) groups is 3. The van der Waals surface area contributed by atoms with Gasteiger partial charge in [-0.25, -0.2) is 0 Å². The Kier molecular flexibility index (Phi) is 63.4. The Bertz CT molecular complexity index is 1940. The van der Waals surface area contributed by atoms with E-state index in [-0.39, 0.29) is 38.6 Å². The second-order valence-electron chi connectivity index (χ2n) is 24.1. The zero-order valence-corrected chi connectivity index (χ0v) is 56.3. The van der Waals surface area contributed by atoms with Crippen molar-refractivity contribution in [2.24, 2.45) is 0 Å². The van der Waals surface area contributed by atoms with Gasteiger partial charge in [-0.1, -0.05) is 288 Å². The summed E-state index contributed by atoms with van der Waals surface area (Å²) in [7, 11) is 5.92. The second kappa shape index (κ2) is 67.1. The molecule has 0 aliphatic heterocycles. The number of ether oxygens (including phenoxy) is 4. The van der Waals surface area contributed by atoms with Crippen molar-refractivity contribution in [1.82, 2.24) is 0 Å². The highest BCUT2D eigenvalue weighted by Crippen LogP contribution is 2.17. The molecule has 2 atom stereocenters. The van der Waals surface area contributed by atoms with Gasteiger partial charge in [0.05, 0.1) is 40.3 Å². The first kappa shape index (κ1) is 82.2. The van der Waals surface area contributed by atoms with Crippen molar-refractivity contribution >= 4 is 17.9 Å². The average Bonchev–Trinajstić information content (AvgIpc) is 3.59. The number of quaternary nitrogens is 1. The molecule has 0 amide bonds. The zero-order valence-electron chi connectivity index (χ0n) is 56.3. The van der Waals surface area contributed by atoms with Crippen LogP contribution in [0.25, 0.3) is 0 Å². The molecule has 0 spiro atoms. The lowest BCUT2D eigenvalue weighted by atomic mass is 10.0. The molecule has 0 N–H and O–H groups in total. The summed E-state index contributed by atoms with van der Waals surface area (Å²) in [6.45, 7) is 4.51. The van der Waals surface area contributed by atoms with Crippen LogP contribution >= 0.6 is 0 Å². The van der Waals surface area contributed by atoms with E-state index < -0.39 is 24.3 Å². The fraction of sp³-hybridized carbons (Fsp3) is 0.654. The number of nitrogens with zero attached hydrogens (tertiary/aromatic N) is 1. The maximum Gasteiger partial charge on any atom is 0.306 e. The number of esters is 2. The van der Waals surface area contributed by atoms with Crippen LogP contribution in [0.1, 0.15) is 271 Å². The van der Waals surface area contributed by atoms with E-state index in [9.17, 15) is 19.5 Å². The van der Waals surface area contributed by atoms with Gasteiger partial charge in [0.15, 0.2) is 12.4 Å². The van der Waals surface area contributed by atoms with Crippen molar-refractivity contribution < 1.29 is 42.9 Å². The lowest BCUT2D eigenvalue weighted by Gasteiger charge is -2.26.